The van der Waals surface area contributed by atoms with Crippen molar-refractivity contribution in [1.29, 1.82) is 0 Å². The highest BCUT2D eigenvalue weighted by Gasteiger charge is 2.44. The standard InChI is InChI=1S/C10H14N2/c1-6-10-8-3-2-7(4-8)9(10)5-11-12-6/h5,7-9,12H,2-4H2,1H3. The lowest BCUT2D eigenvalue weighted by molar-refractivity contribution is 0.483. The third-order valence-corrected chi connectivity index (χ3v) is 3.68. The van der Waals surface area contributed by atoms with E-state index in [1.807, 2.05) is 0 Å². The van der Waals surface area contributed by atoms with Crippen LogP contribution in [0.1, 0.15) is 26.2 Å². The maximum absolute atomic E-state index is 4.19. The number of allylic oxidation sites excluding steroid dienone is 2. The molecule has 0 spiro atoms. The van der Waals surface area contributed by atoms with Crippen molar-refractivity contribution in [2.24, 2.45) is 22.9 Å². The Morgan fingerprint density at radius 1 is 1.50 bits per heavy atom. The van der Waals surface area contributed by atoms with Crippen LogP contribution in [0.4, 0.5) is 0 Å². The number of nitrogens with zero attached hydrogens (tertiary/aromatic N) is 1. The fourth-order valence-corrected chi connectivity index (χ4v) is 3.19. The Hall–Kier alpha value is -0.790. The molecule has 3 atom stereocenters. The summed E-state index contributed by atoms with van der Waals surface area (Å²) in [6.45, 7) is 2.17. The molecule has 2 bridgehead atoms. The smallest absolute Gasteiger partial charge is 0.0321 e. The van der Waals surface area contributed by atoms with Crippen LogP contribution in [-0.2, 0) is 0 Å². The van der Waals surface area contributed by atoms with Gasteiger partial charge in [-0.2, -0.15) is 5.10 Å². The Bertz CT molecular complexity index is 278. The Morgan fingerprint density at radius 3 is 3.25 bits per heavy atom. The van der Waals surface area contributed by atoms with Crippen LogP contribution < -0.4 is 5.43 Å². The van der Waals surface area contributed by atoms with E-state index in [4.69, 9.17) is 0 Å². The van der Waals surface area contributed by atoms with E-state index in [9.17, 15) is 0 Å². The largest absolute Gasteiger partial charge is 0.283 e. The Balaban J connectivity index is 2.06. The summed E-state index contributed by atoms with van der Waals surface area (Å²) in [6.07, 6.45) is 6.39. The molecule has 1 heterocycles. The van der Waals surface area contributed by atoms with Crippen LogP contribution >= 0.6 is 0 Å². The molecule has 2 aliphatic carbocycles. The number of hydrazone groups is 1. The van der Waals surface area contributed by atoms with Gasteiger partial charge in [-0.1, -0.05) is 0 Å². The summed E-state index contributed by atoms with van der Waals surface area (Å²) in [5.74, 6) is 2.51. The van der Waals surface area contributed by atoms with Gasteiger partial charge in [0.1, 0.15) is 0 Å². The number of hydrogen-bond acceptors (Lipinski definition) is 2. The van der Waals surface area contributed by atoms with Gasteiger partial charge in [0.15, 0.2) is 0 Å². The van der Waals surface area contributed by atoms with Crippen LogP contribution in [0.2, 0.25) is 0 Å². The molecule has 12 heavy (non-hydrogen) atoms. The molecule has 0 aromatic rings. The van der Waals surface area contributed by atoms with E-state index < -0.39 is 0 Å². The third-order valence-electron chi connectivity index (χ3n) is 3.68. The van der Waals surface area contributed by atoms with Gasteiger partial charge < -0.3 is 0 Å². The Kier molecular flexibility index (Phi) is 1.18. The number of rotatable bonds is 0. The fourth-order valence-electron chi connectivity index (χ4n) is 3.19. The molecule has 2 saturated carbocycles. The molecule has 3 rings (SSSR count). The van der Waals surface area contributed by atoms with E-state index >= 15 is 0 Å². The van der Waals surface area contributed by atoms with Gasteiger partial charge in [0.25, 0.3) is 0 Å². The second kappa shape index (κ2) is 2.12. The van der Waals surface area contributed by atoms with Crippen molar-refractivity contribution >= 4 is 6.21 Å². The van der Waals surface area contributed by atoms with E-state index in [1.165, 1.54) is 25.0 Å². The number of hydrogen-bond donors (Lipinski definition) is 1. The minimum atomic E-state index is 0.699. The predicted molar refractivity (Wildman–Crippen MR) is 48.6 cm³/mol. The molecule has 2 heteroatoms. The SMILES string of the molecule is CC1=C2C3CCC(C3)C2C=NN1. The van der Waals surface area contributed by atoms with Crippen LogP contribution in [0, 0.1) is 17.8 Å². The van der Waals surface area contributed by atoms with Crippen molar-refractivity contribution in [2.45, 2.75) is 26.2 Å². The Labute approximate surface area is 72.7 Å². The quantitative estimate of drug-likeness (QED) is 0.578. The second-order valence-corrected chi connectivity index (χ2v) is 4.27. The molecule has 0 aromatic carbocycles. The van der Waals surface area contributed by atoms with Crippen molar-refractivity contribution in [1.82, 2.24) is 5.43 Å². The summed E-state index contributed by atoms with van der Waals surface area (Å²) in [6, 6.07) is 0. The third kappa shape index (κ3) is 0.680. The van der Waals surface area contributed by atoms with Crippen LogP contribution in [0.25, 0.3) is 0 Å². The summed E-state index contributed by atoms with van der Waals surface area (Å²) in [5, 5.41) is 4.19. The maximum Gasteiger partial charge on any atom is 0.0321 e. The first-order chi connectivity index (χ1) is 5.86. The summed E-state index contributed by atoms with van der Waals surface area (Å²) < 4.78 is 0. The highest BCUT2D eigenvalue weighted by molar-refractivity contribution is 5.69. The van der Waals surface area contributed by atoms with Crippen LogP contribution in [0.5, 0.6) is 0 Å². The topological polar surface area (TPSA) is 24.4 Å². The van der Waals surface area contributed by atoms with Crippen LogP contribution in [0.15, 0.2) is 16.4 Å². The van der Waals surface area contributed by atoms with Crippen LogP contribution in [-0.4, -0.2) is 6.21 Å². The van der Waals surface area contributed by atoms with E-state index in [-0.39, 0.29) is 0 Å². The van der Waals surface area contributed by atoms with Crippen LogP contribution in [0.3, 0.4) is 0 Å². The van der Waals surface area contributed by atoms with Crippen molar-refractivity contribution in [3.05, 3.63) is 11.3 Å². The first-order valence-electron chi connectivity index (χ1n) is 4.86. The van der Waals surface area contributed by atoms with E-state index in [0.29, 0.717) is 5.92 Å². The molecular formula is C10H14N2. The molecule has 0 aromatic heterocycles. The minimum Gasteiger partial charge on any atom is -0.283 e. The van der Waals surface area contributed by atoms with Crippen molar-refractivity contribution in [2.75, 3.05) is 0 Å². The molecule has 0 amide bonds. The van der Waals surface area contributed by atoms with Gasteiger partial charge >= 0.3 is 0 Å². The second-order valence-electron chi connectivity index (χ2n) is 4.27. The maximum atomic E-state index is 4.19. The predicted octanol–water partition coefficient (Wildman–Crippen LogP) is 1.90. The molecule has 1 N–H and O–H groups in total. The lowest BCUT2D eigenvalue weighted by atomic mass is 9.83. The monoisotopic (exact) mass is 162 g/mol. The highest BCUT2D eigenvalue weighted by atomic mass is 15.3. The molecular weight excluding hydrogens is 148 g/mol. The van der Waals surface area contributed by atoms with Crippen molar-refractivity contribution in [3.8, 4) is 0 Å². The fraction of sp³-hybridized carbons (Fsp3) is 0.700. The average molecular weight is 162 g/mol. The molecule has 0 saturated heterocycles. The van der Waals surface area contributed by atoms with Gasteiger partial charge in [0.2, 0.25) is 0 Å². The van der Waals surface area contributed by atoms with E-state index in [1.54, 1.807) is 5.57 Å². The molecule has 0 radical (unpaired) electrons. The molecule has 3 unspecified atom stereocenters. The van der Waals surface area contributed by atoms with Gasteiger partial charge in [-0.15, -0.1) is 0 Å². The summed E-state index contributed by atoms with van der Waals surface area (Å²) >= 11 is 0. The molecule has 2 nitrogen and oxygen atoms in total. The first-order valence-corrected chi connectivity index (χ1v) is 4.86. The summed E-state index contributed by atoms with van der Waals surface area (Å²) in [4.78, 5) is 0. The van der Waals surface area contributed by atoms with Gasteiger partial charge in [-0.3, -0.25) is 5.43 Å². The summed E-state index contributed by atoms with van der Waals surface area (Å²) in [7, 11) is 0. The lowest BCUT2D eigenvalue weighted by Crippen LogP contribution is -2.24. The minimum absolute atomic E-state index is 0.699. The zero-order valence-corrected chi connectivity index (χ0v) is 7.38. The molecule has 64 valence electrons. The van der Waals surface area contributed by atoms with Crippen molar-refractivity contribution in [3.63, 3.8) is 0 Å². The lowest BCUT2D eigenvalue weighted by Gasteiger charge is -2.26. The number of fused-ring (bicyclic) bond motifs is 5. The van der Waals surface area contributed by atoms with E-state index in [0.717, 1.165) is 11.8 Å². The van der Waals surface area contributed by atoms with Gasteiger partial charge in [0, 0.05) is 17.8 Å². The summed E-state index contributed by atoms with van der Waals surface area (Å²) in [5.41, 5.74) is 6.08. The molecule has 3 aliphatic rings. The molecule has 1 aliphatic heterocycles. The van der Waals surface area contributed by atoms with Gasteiger partial charge in [0.05, 0.1) is 0 Å². The van der Waals surface area contributed by atoms with Gasteiger partial charge in [-0.05, 0) is 43.6 Å². The number of nitrogens with one attached hydrogen (secondary N) is 1. The Morgan fingerprint density at radius 2 is 2.42 bits per heavy atom. The molecule has 2 fully saturated rings. The van der Waals surface area contributed by atoms with Gasteiger partial charge in [-0.25, -0.2) is 0 Å². The first kappa shape index (κ1) is 6.70. The highest BCUT2D eigenvalue weighted by Crippen LogP contribution is 2.52. The van der Waals surface area contributed by atoms with Crippen molar-refractivity contribution < 1.29 is 0 Å². The van der Waals surface area contributed by atoms with E-state index in [2.05, 4.69) is 23.7 Å². The average Bonchev–Trinajstić information content (AvgIpc) is 2.64. The normalized spacial score (nSPS) is 43.2. The zero-order chi connectivity index (χ0) is 8.13. The zero-order valence-electron chi connectivity index (χ0n) is 7.38.